The second-order valence-electron chi connectivity index (χ2n) is 8.61. The Kier molecular flexibility index (Phi) is 6.04. The maximum atomic E-state index is 2.56. The fourth-order valence-corrected chi connectivity index (χ4v) is 4.41. The first-order valence-corrected chi connectivity index (χ1v) is 11.2. The molecule has 3 aliphatic rings. The molecule has 0 amide bonds. The zero-order valence-corrected chi connectivity index (χ0v) is 18.0. The summed E-state index contributed by atoms with van der Waals surface area (Å²) in [7, 11) is 0. The number of fused-ring (bicyclic) bond motifs is 3. The van der Waals surface area contributed by atoms with Gasteiger partial charge in [-0.25, -0.2) is 0 Å². The first kappa shape index (κ1) is 19.8. The number of hydrogen-bond donors (Lipinski definition) is 0. The second kappa shape index (κ2) is 8.86. The van der Waals surface area contributed by atoms with Crippen LogP contribution in [0.5, 0.6) is 0 Å². The van der Waals surface area contributed by atoms with Crippen LogP contribution in [0.4, 0.5) is 5.69 Å². The average Bonchev–Trinajstić information content (AvgIpc) is 3.54. The van der Waals surface area contributed by atoms with Crippen LogP contribution in [-0.4, -0.2) is 6.54 Å². The van der Waals surface area contributed by atoms with Gasteiger partial charge in [0, 0.05) is 23.5 Å². The van der Waals surface area contributed by atoms with Gasteiger partial charge >= 0.3 is 0 Å². The number of aryl methyl sites for hydroxylation is 1. The molecule has 0 spiro atoms. The first-order chi connectivity index (χ1) is 14.2. The molecule has 0 saturated heterocycles. The van der Waals surface area contributed by atoms with Crippen LogP contribution in [0.1, 0.15) is 55.7 Å². The summed E-state index contributed by atoms with van der Waals surface area (Å²) >= 11 is 0. The van der Waals surface area contributed by atoms with Crippen molar-refractivity contribution >= 4 is 11.4 Å². The van der Waals surface area contributed by atoms with E-state index in [0.29, 0.717) is 5.92 Å². The van der Waals surface area contributed by atoms with Crippen molar-refractivity contribution in [2.24, 2.45) is 11.8 Å². The fourth-order valence-electron chi connectivity index (χ4n) is 4.41. The van der Waals surface area contributed by atoms with Crippen molar-refractivity contribution in [2.75, 3.05) is 11.4 Å². The standard InChI is InChI=1S/C25H25N.C3H8/c1-18-11-13-21(14-12-18)26(17-19-7-3-2-4-8-19)25-16-20-15-24(20)22-9-5-6-10-23(22)25;1-3-2/h2-7,9-14,16,19-20,24H,8,15,17H2,1H3;3H2,1-2H3. The van der Waals surface area contributed by atoms with Crippen molar-refractivity contribution < 1.29 is 0 Å². The number of benzene rings is 2. The summed E-state index contributed by atoms with van der Waals surface area (Å²) in [4.78, 5) is 2.56. The van der Waals surface area contributed by atoms with E-state index in [4.69, 9.17) is 0 Å². The Morgan fingerprint density at radius 1 is 0.966 bits per heavy atom. The van der Waals surface area contributed by atoms with E-state index in [1.54, 1.807) is 5.56 Å². The molecule has 0 aliphatic heterocycles. The predicted octanol–water partition coefficient (Wildman–Crippen LogP) is 7.51. The number of rotatable bonds is 4. The van der Waals surface area contributed by atoms with Crippen LogP contribution in [0, 0.1) is 18.8 Å². The Bertz CT molecular complexity index is 916. The smallest absolute Gasteiger partial charge is 0.0449 e. The van der Waals surface area contributed by atoms with Crippen molar-refractivity contribution in [3.05, 3.63) is 95.6 Å². The van der Waals surface area contributed by atoms with E-state index in [9.17, 15) is 0 Å². The minimum absolute atomic E-state index is 0.561. The minimum Gasteiger partial charge on any atom is -0.341 e. The summed E-state index contributed by atoms with van der Waals surface area (Å²) in [5.74, 6) is 2.05. The largest absolute Gasteiger partial charge is 0.341 e. The van der Waals surface area contributed by atoms with E-state index in [1.807, 2.05) is 0 Å². The highest BCUT2D eigenvalue weighted by molar-refractivity contribution is 5.83. The Hall–Kier alpha value is -2.54. The lowest BCUT2D eigenvalue weighted by Gasteiger charge is -2.33. The number of allylic oxidation sites excluding steroid dienone is 4. The normalized spacial score (nSPS) is 23.3. The molecule has 2 aromatic rings. The Morgan fingerprint density at radius 2 is 1.72 bits per heavy atom. The summed E-state index contributed by atoms with van der Waals surface area (Å²) in [5, 5.41) is 0. The summed E-state index contributed by atoms with van der Waals surface area (Å²) in [6.07, 6.45) is 15.2. The van der Waals surface area contributed by atoms with E-state index in [2.05, 4.69) is 105 Å². The topological polar surface area (TPSA) is 3.24 Å². The van der Waals surface area contributed by atoms with Crippen LogP contribution >= 0.6 is 0 Å². The van der Waals surface area contributed by atoms with Gasteiger partial charge < -0.3 is 4.90 Å². The molecule has 0 radical (unpaired) electrons. The molecule has 0 bridgehead atoms. The van der Waals surface area contributed by atoms with Gasteiger partial charge in [0.1, 0.15) is 0 Å². The van der Waals surface area contributed by atoms with Crippen LogP contribution in [0.3, 0.4) is 0 Å². The Balaban J connectivity index is 0.000000645. The van der Waals surface area contributed by atoms with Gasteiger partial charge in [-0.15, -0.1) is 0 Å². The molecule has 3 atom stereocenters. The van der Waals surface area contributed by atoms with Gasteiger partial charge in [-0.05, 0) is 55.2 Å². The fraction of sp³-hybridized carbons (Fsp3) is 0.357. The second-order valence-corrected chi connectivity index (χ2v) is 8.61. The van der Waals surface area contributed by atoms with E-state index in [1.165, 1.54) is 35.4 Å². The molecule has 0 N–H and O–H groups in total. The van der Waals surface area contributed by atoms with Gasteiger partial charge in [-0.2, -0.15) is 0 Å². The minimum atomic E-state index is 0.561. The SMILES string of the molecule is CCC.Cc1ccc(N(CC2C=CC=CC2)C2=CC3CC3c3ccccc32)cc1. The molecule has 29 heavy (non-hydrogen) atoms. The maximum Gasteiger partial charge on any atom is 0.0449 e. The van der Waals surface area contributed by atoms with Crippen LogP contribution in [0.15, 0.2) is 78.9 Å². The molecule has 3 aliphatic carbocycles. The lowest BCUT2D eigenvalue weighted by atomic mass is 9.92. The zero-order chi connectivity index (χ0) is 20.2. The summed E-state index contributed by atoms with van der Waals surface area (Å²) in [6, 6.07) is 18.0. The highest BCUT2D eigenvalue weighted by Gasteiger charge is 2.42. The number of nitrogens with zero attached hydrogens (tertiary/aromatic N) is 1. The third kappa shape index (κ3) is 4.40. The molecular formula is C28H33N. The lowest BCUT2D eigenvalue weighted by molar-refractivity contribution is 0.657. The number of anilines is 1. The predicted molar refractivity (Wildman–Crippen MR) is 126 cm³/mol. The molecule has 2 aromatic carbocycles. The van der Waals surface area contributed by atoms with Gasteiger partial charge in [-0.1, -0.05) is 92.6 Å². The zero-order valence-electron chi connectivity index (χ0n) is 18.0. The summed E-state index contributed by atoms with van der Waals surface area (Å²) < 4.78 is 0. The molecular weight excluding hydrogens is 350 g/mol. The van der Waals surface area contributed by atoms with Crippen molar-refractivity contribution in [1.29, 1.82) is 0 Å². The molecule has 3 unspecified atom stereocenters. The van der Waals surface area contributed by atoms with E-state index in [0.717, 1.165) is 24.8 Å². The van der Waals surface area contributed by atoms with Crippen LogP contribution < -0.4 is 4.90 Å². The maximum absolute atomic E-state index is 2.56. The quantitative estimate of drug-likeness (QED) is 0.528. The molecule has 0 heterocycles. The molecule has 1 nitrogen and oxygen atoms in total. The third-order valence-corrected chi connectivity index (χ3v) is 5.97. The van der Waals surface area contributed by atoms with Crippen LogP contribution in [-0.2, 0) is 0 Å². The summed E-state index contributed by atoms with van der Waals surface area (Å²) in [5.41, 5.74) is 7.01. The van der Waals surface area contributed by atoms with Crippen LogP contribution in [0.2, 0.25) is 0 Å². The molecule has 5 rings (SSSR count). The van der Waals surface area contributed by atoms with Crippen LogP contribution in [0.25, 0.3) is 5.70 Å². The van der Waals surface area contributed by atoms with Crippen molar-refractivity contribution in [2.45, 2.75) is 46.0 Å². The van der Waals surface area contributed by atoms with Crippen molar-refractivity contribution in [3.8, 4) is 0 Å². The molecule has 1 heteroatoms. The summed E-state index contributed by atoms with van der Waals surface area (Å²) in [6.45, 7) is 7.44. The highest BCUT2D eigenvalue weighted by atomic mass is 15.1. The van der Waals surface area contributed by atoms with Gasteiger partial charge in [0.25, 0.3) is 0 Å². The van der Waals surface area contributed by atoms with Gasteiger partial charge in [0.2, 0.25) is 0 Å². The van der Waals surface area contributed by atoms with E-state index >= 15 is 0 Å². The third-order valence-electron chi connectivity index (χ3n) is 5.97. The van der Waals surface area contributed by atoms with Crippen molar-refractivity contribution in [3.63, 3.8) is 0 Å². The molecule has 150 valence electrons. The van der Waals surface area contributed by atoms with Crippen molar-refractivity contribution in [1.82, 2.24) is 0 Å². The van der Waals surface area contributed by atoms with E-state index in [-0.39, 0.29) is 0 Å². The average molecular weight is 384 g/mol. The molecule has 0 aromatic heterocycles. The molecule has 1 fully saturated rings. The Labute approximate surface area is 176 Å². The van der Waals surface area contributed by atoms with Gasteiger partial charge in [0.05, 0.1) is 0 Å². The first-order valence-electron chi connectivity index (χ1n) is 11.2. The van der Waals surface area contributed by atoms with Gasteiger partial charge in [0.15, 0.2) is 0 Å². The van der Waals surface area contributed by atoms with E-state index < -0.39 is 0 Å². The monoisotopic (exact) mass is 383 g/mol. The highest BCUT2D eigenvalue weighted by Crippen LogP contribution is 2.55. The lowest BCUT2D eigenvalue weighted by Crippen LogP contribution is -2.29. The number of hydrogen-bond acceptors (Lipinski definition) is 1. The molecule has 1 saturated carbocycles. The Morgan fingerprint density at radius 3 is 2.45 bits per heavy atom. The van der Waals surface area contributed by atoms with Gasteiger partial charge in [-0.3, -0.25) is 0 Å².